The van der Waals surface area contributed by atoms with Crippen LogP contribution in [0.15, 0.2) is 0 Å². The van der Waals surface area contributed by atoms with E-state index in [0.29, 0.717) is 6.04 Å². The van der Waals surface area contributed by atoms with Crippen molar-refractivity contribution >= 4 is 5.97 Å². The molecule has 1 rings (SSSR count). The number of hydrogen-bond acceptors (Lipinski definition) is 2. The maximum absolute atomic E-state index is 11.1. The predicted octanol–water partition coefficient (Wildman–Crippen LogP) is 2.80. The molecular weight excluding hydrogens is 202 g/mol. The monoisotopic (exact) mass is 227 g/mol. The van der Waals surface area contributed by atoms with Crippen LogP contribution in [-0.4, -0.2) is 23.2 Å². The Balaban J connectivity index is 2.41. The van der Waals surface area contributed by atoms with Gasteiger partial charge in [-0.1, -0.05) is 39.5 Å². The van der Waals surface area contributed by atoms with E-state index in [2.05, 4.69) is 12.2 Å². The summed E-state index contributed by atoms with van der Waals surface area (Å²) in [5.41, 5.74) is 0. The van der Waals surface area contributed by atoms with Crippen molar-refractivity contribution in [1.82, 2.24) is 5.32 Å². The molecule has 1 saturated carbocycles. The third kappa shape index (κ3) is 4.12. The average Bonchev–Trinajstić information content (AvgIpc) is 2.28. The van der Waals surface area contributed by atoms with Crippen molar-refractivity contribution in [3.8, 4) is 0 Å². The first-order valence-electron chi connectivity index (χ1n) is 6.66. The van der Waals surface area contributed by atoms with Crippen LogP contribution >= 0.6 is 0 Å². The summed E-state index contributed by atoms with van der Waals surface area (Å²) in [5.74, 6) is 0.0998. The summed E-state index contributed by atoms with van der Waals surface area (Å²) in [6.07, 6.45) is 7.75. The number of rotatable bonds is 6. The second-order valence-corrected chi connectivity index (χ2v) is 4.98. The minimum Gasteiger partial charge on any atom is -0.480 e. The Bertz CT molecular complexity index is 218. The number of carbonyl (C=O) groups is 1. The highest BCUT2D eigenvalue weighted by molar-refractivity contribution is 5.73. The molecule has 94 valence electrons. The van der Waals surface area contributed by atoms with Crippen LogP contribution in [0.25, 0.3) is 0 Å². The first kappa shape index (κ1) is 13.5. The molecule has 0 aromatic rings. The summed E-state index contributed by atoms with van der Waals surface area (Å²) < 4.78 is 0. The zero-order chi connectivity index (χ0) is 12.0. The van der Waals surface area contributed by atoms with E-state index in [4.69, 9.17) is 5.11 Å². The fraction of sp³-hybridized carbons (Fsp3) is 0.923. The van der Waals surface area contributed by atoms with E-state index >= 15 is 0 Å². The van der Waals surface area contributed by atoms with E-state index in [-0.39, 0.29) is 6.04 Å². The largest absolute Gasteiger partial charge is 0.480 e. The summed E-state index contributed by atoms with van der Waals surface area (Å²) in [6.45, 7) is 4.26. The average molecular weight is 227 g/mol. The molecule has 0 spiro atoms. The van der Waals surface area contributed by atoms with Crippen molar-refractivity contribution in [2.24, 2.45) is 5.92 Å². The Morgan fingerprint density at radius 3 is 2.75 bits per heavy atom. The molecule has 0 radical (unpaired) electrons. The summed E-state index contributed by atoms with van der Waals surface area (Å²) in [5, 5.41) is 12.4. The maximum Gasteiger partial charge on any atom is 0.320 e. The van der Waals surface area contributed by atoms with Gasteiger partial charge in [-0.25, -0.2) is 0 Å². The third-order valence-corrected chi connectivity index (χ3v) is 3.67. The van der Waals surface area contributed by atoms with Crippen molar-refractivity contribution in [3.05, 3.63) is 0 Å². The lowest BCUT2D eigenvalue weighted by atomic mass is 9.84. The van der Waals surface area contributed by atoms with Gasteiger partial charge in [-0.3, -0.25) is 4.79 Å². The minimum atomic E-state index is -0.694. The van der Waals surface area contributed by atoms with Crippen LogP contribution in [0.4, 0.5) is 0 Å². The highest BCUT2D eigenvalue weighted by Crippen LogP contribution is 2.26. The van der Waals surface area contributed by atoms with Gasteiger partial charge in [0.25, 0.3) is 0 Å². The number of nitrogens with one attached hydrogen (secondary N) is 1. The zero-order valence-electron chi connectivity index (χ0n) is 10.5. The van der Waals surface area contributed by atoms with Gasteiger partial charge in [0.15, 0.2) is 0 Å². The lowest BCUT2D eigenvalue weighted by molar-refractivity contribution is -0.140. The molecule has 3 unspecified atom stereocenters. The lowest BCUT2D eigenvalue weighted by Crippen LogP contribution is -2.45. The lowest BCUT2D eigenvalue weighted by Gasteiger charge is -2.31. The van der Waals surface area contributed by atoms with E-state index < -0.39 is 5.97 Å². The molecule has 3 atom stereocenters. The van der Waals surface area contributed by atoms with Gasteiger partial charge in [0, 0.05) is 6.04 Å². The van der Waals surface area contributed by atoms with Crippen LogP contribution in [0.1, 0.15) is 58.8 Å². The third-order valence-electron chi connectivity index (χ3n) is 3.67. The summed E-state index contributed by atoms with van der Waals surface area (Å²) in [6, 6.07) is 0.0805. The summed E-state index contributed by atoms with van der Waals surface area (Å²) in [7, 11) is 0. The van der Waals surface area contributed by atoms with Crippen molar-refractivity contribution < 1.29 is 9.90 Å². The molecule has 2 N–H and O–H groups in total. The molecule has 1 aliphatic rings. The summed E-state index contributed by atoms with van der Waals surface area (Å²) >= 11 is 0. The standard InChI is InChI=1S/C13H25NO2/c1-3-6-12(13(15)16)14-11-8-5-7-10(4-2)9-11/h10-12,14H,3-9H2,1-2H3,(H,15,16). The van der Waals surface area contributed by atoms with E-state index in [1.165, 1.54) is 19.3 Å². The molecule has 0 saturated heterocycles. The van der Waals surface area contributed by atoms with Crippen molar-refractivity contribution in [2.75, 3.05) is 0 Å². The Hall–Kier alpha value is -0.570. The van der Waals surface area contributed by atoms with Gasteiger partial charge in [0.05, 0.1) is 0 Å². The van der Waals surface area contributed by atoms with E-state index in [9.17, 15) is 4.79 Å². The van der Waals surface area contributed by atoms with E-state index in [1.807, 2.05) is 6.92 Å². The Kier molecular flexibility index (Phi) is 5.81. The molecule has 0 bridgehead atoms. The molecule has 0 aromatic carbocycles. The van der Waals surface area contributed by atoms with E-state index in [0.717, 1.165) is 31.6 Å². The van der Waals surface area contributed by atoms with Crippen LogP contribution in [0.5, 0.6) is 0 Å². The van der Waals surface area contributed by atoms with E-state index in [1.54, 1.807) is 0 Å². The summed E-state index contributed by atoms with van der Waals surface area (Å²) in [4.78, 5) is 11.1. The second kappa shape index (κ2) is 6.89. The molecule has 3 nitrogen and oxygen atoms in total. The molecule has 0 heterocycles. The maximum atomic E-state index is 11.1. The van der Waals surface area contributed by atoms with Gasteiger partial charge in [-0.2, -0.15) is 0 Å². The van der Waals surface area contributed by atoms with Crippen molar-refractivity contribution in [1.29, 1.82) is 0 Å². The van der Waals surface area contributed by atoms with Crippen molar-refractivity contribution in [3.63, 3.8) is 0 Å². The first-order chi connectivity index (χ1) is 7.67. The molecular formula is C13H25NO2. The van der Waals surface area contributed by atoms with Gasteiger partial charge >= 0.3 is 5.97 Å². The normalized spacial score (nSPS) is 27.6. The van der Waals surface area contributed by atoms with Gasteiger partial charge in [-0.15, -0.1) is 0 Å². The Morgan fingerprint density at radius 2 is 2.19 bits per heavy atom. The molecule has 1 fully saturated rings. The molecule has 0 amide bonds. The fourth-order valence-electron chi connectivity index (χ4n) is 2.66. The van der Waals surface area contributed by atoms with Gasteiger partial charge in [0.2, 0.25) is 0 Å². The van der Waals surface area contributed by atoms with Crippen LogP contribution in [0.3, 0.4) is 0 Å². The first-order valence-corrected chi connectivity index (χ1v) is 6.66. The highest BCUT2D eigenvalue weighted by Gasteiger charge is 2.25. The van der Waals surface area contributed by atoms with Crippen molar-refractivity contribution in [2.45, 2.75) is 70.9 Å². The number of hydrogen-bond donors (Lipinski definition) is 2. The zero-order valence-corrected chi connectivity index (χ0v) is 10.5. The highest BCUT2D eigenvalue weighted by atomic mass is 16.4. The van der Waals surface area contributed by atoms with Gasteiger partial charge in [-0.05, 0) is 25.2 Å². The fourth-order valence-corrected chi connectivity index (χ4v) is 2.66. The topological polar surface area (TPSA) is 49.3 Å². The number of aliphatic carboxylic acids is 1. The predicted molar refractivity (Wildman–Crippen MR) is 65.5 cm³/mol. The van der Waals surface area contributed by atoms with Gasteiger partial charge < -0.3 is 10.4 Å². The Morgan fingerprint density at radius 1 is 1.44 bits per heavy atom. The van der Waals surface area contributed by atoms with Crippen LogP contribution in [0, 0.1) is 5.92 Å². The molecule has 1 aliphatic carbocycles. The quantitative estimate of drug-likeness (QED) is 0.733. The smallest absolute Gasteiger partial charge is 0.320 e. The number of carboxylic acid groups (broad SMARTS) is 1. The molecule has 16 heavy (non-hydrogen) atoms. The number of carboxylic acids is 1. The minimum absolute atomic E-state index is 0.342. The second-order valence-electron chi connectivity index (χ2n) is 4.98. The van der Waals surface area contributed by atoms with Crippen LogP contribution in [0.2, 0.25) is 0 Å². The van der Waals surface area contributed by atoms with Crippen LogP contribution in [-0.2, 0) is 4.79 Å². The SMILES string of the molecule is CCCC(NC1CCCC(CC)C1)C(=O)O. The van der Waals surface area contributed by atoms with Gasteiger partial charge in [0.1, 0.15) is 6.04 Å². The molecule has 0 aliphatic heterocycles. The molecule has 0 aromatic heterocycles. The molecule has 3 heteroatoms. The Labute approximate surface area is 98.6 Å². The van der Waals surface area contributed by atoms with Crippen LogP contribution < -0.4 is 5.32 Å².